The van der Waals surface area contributed by atoms with Gasteiger partial charge in [0, 0.05) is 36.0 Å². The van der Waals surface area contributed by atoms with Gasteiger partial charge in [-0.3, -0.25) is 9.48 Å². The van der Waals surface area contributed by atoms with Crippen molar-refractivity contribution in [2.75, 3.05) is 0 Å². The van der Waals surface area contributed by atoms with E-state index in [2.05, 4.69) is 39.5 Å². The number of hydrogen-bond donors (Lipinski definition) is 0. The molecule has 1 saturated heterocycles. The molecular formula is C23H22N6O. The minimum absolute atomic E-state index is 0.0305. The van der Waals surface area contributed by atoms with Gasteiger partial charge in [0.15, 0.2) is 0 Å². The van der Waals surface area contributed by atoms with E-state index in [0.717, 1.165) is 36.9 Å². The summed E-state index contributed by atoms with van der Waals surface area (Å²) in [5, 5.41) is 12.8. The molecule has 4 aromatic rings. The highest BCUT2D eigenvalue weighted by molar-refractivity contribution is 5.96. The van der Waals surface area contributed by atoms with Crippen LogP contribution in [0.2, 0.25) is 0 Å². The Kier molecular flexibility index (Phi) is 3.78. The third kappa shape index (κ3) is 2.51. The van der Waals surface area contributed by atoms with Gasteiger partial charge in [-0.15, -0.1) is 5.10 Å². The fourth-order valence-corrected chi connectivity index (χ4v) is 5.22. The van der Waals surface area contributed by atoms with Crippen molar-refractivity contribution in [2.24, 2.45) is 7.05 Å². The molecule has 0 radical (unpaired) electrons. The number of piperidine rings is 1. The van der Waals surface area contributed by atoms with E-state index in [1.165, 1.54) is 16.8 Å². The van der Waals surface area contributed by atoms with Crippen molar-refractivity contribution in [3.8, 4) is 11.3 Å². The minimum atomic E-state index is 0.0305. The van der Waals surface area contributed by atoms with Crippen LogP contribution >= 0.6 is 0 Å². The summed E-state index contributed by atoms with van der Waals surface area (Å²) >= 11 is 0. The van der Waals surface area contributed by atoms with Gasteiger partial charge in [0.25, 0.3) is 5.91 Å². The van der Waals surface area contributed by atoms with E-state index in [1.54, 1.807) is 16.9 Å². The molecular weight excluding hydrogens is 376 g/mol. The Balaban J connectivity index is 1.43. The molecule has 0 aliphatic carbocycles. The summed E-state index contributed by atoms with van der Waals surface area (Å²) in [6.07, 6.45) is 7.44. The Hall–Kier alpha value is -3.48. The lowest BCUT2D eigenvalue weighted by Gasteiger charge is -2.45. The fraction of sp³-hybridized carbons (Fsp3) is 0.304. The molecule has 6 rings (SSSR count). The average Bonchev–Trinajstić information content (AvgIpc) is 3.37. The summed E-state index contributed by atoms with van der Waals surface area (Å²) in [6.45, 7) is 0. The van der Waals surface area contributed by atoms with Gasteiger partial charge in [0.2, 0.25) is 0 Å². The van der Waals surface area contributed by atoms with E-state index in [0.29, 0.717) is 5.56 Å². The van der Waals surface area contributed by atoms with E-state index >= 15 is 0 Å². The van der Waals surface area contributed by atoms with Gasteiger partial charge >= 0.3 is 0 Å². The molecule has 2 atom stereocenters. The average molecular weight is 398 g/mol. The largest absolute Gasteiger partial charge is 0.327 e. The van der Waals surface area contributed by atoms with Crippen LogP contribution in [-0.4, -0.2) is 41.5 Å². The summed E-state index contributed by atoms with van der Waals surface area (Å²) in [7, 11) is 2.01. The molecule has 1 aromatic carbocycles. The van der Waals surface area contributed by atoms with Crippen molar-refractivity contribution in [2.45, 2.75) is 37.8 Å². The second-order valence-electron chi connectivity index (χ2n) is 8.24. The van der Waals surface area contributed by atoms with Crippen molar-refractivity contribution in [3.05, 3.63) is 71.7 Å². The highest BCUT2D eigenvalue weighted by Gasteiger charge is 2.43. The third-order valence-electron chi connectivity index (χ3n) is 6.51. The topological polar surface area (TPSA) is 68.3 Å². The summed E-state index contributed by atoms with van der Waals surface area (Å²) in [6, 6.07) is 14.4. The van der Waals surface area contributed by atoms with Crippen molar-refractivity contribution in [1.29, 1.82) is 0 Å². The van der Waals surface area contributed by atoms with Crippen molar-refractivity contribution >= 4 is 11.4 Å². The molecule has 0 saturated carbocycles. The number of pyridine rings is 1. The van der Waals surface area contributed by atoms with Gasteiger partial charge in [-0.25, -0.2) is 4.52 Å². The number of amides is 1. The number of aryl methyl sites for hydroxylation is 1. The molecule has 2 aliphatic rings. The summed E-state index contributed by atoms with van der Waals surface area (Å²) < 4.78 is 3.67. The molecule has 2 bridgehead atoms. The van der Waals surface area contributed by atoms with Crippen LogP contribution in [0.1, 0.15) is 46.9 Å². The third-order valence-corrected chi connectivity index (χ3v) is 6.51. The van der Waals surface area contributed by atoms with Crippen LogP contribution in [0.15, 0.2) is 54.9 Å². The van der Waals surface area contributed by atoms with Crippen LogP contribution in [0.5, 0.6) is 0 Å². The number of carbonyl (C=O) groups excluding carboxylic acids is 1. The van der Waals surface area contributed by atoms with E-state index in [9.17, 15) is 4.79 Å². The first-order valence-electron chi connectivity index (χ1n) is 10.4. The Morgan fingerprint density at radius 2 is 2.00 bits per heavy atom. The van der Waals surface area contributed by atoms with Crippen LogP contribution in [0, 0.1) is 0 Å². The van der Waals surface area contributed by atoms with E-state index in [4.69, 9.17) is 5.10 Å². The lowest BCUT2D eigenvalue weighted by atomic mass is 9.81. The zero-order valence-corrected chi connectivity index (χ0v) is 16.8. The molecule has 2 aliphatic heterocycles. The van der Waals surface area contributed by atoms with Gasteiger partial charge in [0.05, 0.1) is 29.1 Å². The first kappa shape index (κ1) is 17.4. The first-order valence-corrected chi connectivity index (χ1v) is 10.4. The molecule has 3 aromatic heterocycles. The molecule has 7 heteroatoms. The molecule has 5 heterocycles. The van der Waals surface area contributed by atoms with Gasteiger partial charge in [-0.05, 0) is 37.8 Å². The molecule has 1 amide bonds. The van der Waals surface area contributed by atoms with Gasteiger partial charge in [-0.1, -0.05) is 35.5 Å². The predicted molar refractivity (Wildman–Crippen MR) is 112 cm³/mol. The maximum absolute atomic E-state index is 13.6. The first-order chi connectivity index (χ1) is 14.7. The Morgan fingerprint density at radius 3 is 2.87 bits per heavy atom. The number of aromatic nitrogens is 5. The summed E-state index contributed by atoms with van der Waals surface area (Å²) in [4.78, 5) is 15.7. The Bertz CT molecular complexity index is 1260. The summed E-state index contributed by atoms with van der Waals surface area (Å²) in [5.41, 5.74) is 6.24. The second kappa shape index (κ2) is 6.52. The molecule has 0 N–H and O–H groups in total. The maximum Gasteiger partial charge on any atom is 0.254 e. The van der Waals surface area contributed by atoms with Gasteiger partial charge < -0.3 is 4.90 Å². The zero-order valence-electron chi connectivity index (χ0n) is 16.8. The monoisotopic (exact) mass is 398 g/mol. The van der Waals surface area contributed by atoms with Crippen LogP contribution < -0.4 is 0 Å². The second-order valence-corrected chi connectivity index (χ2v) is 8.24. The molecule has 30 heavy (non-hydrogen) atoms. The molecule has 150 valence electrons. The van der Waals surface area contributed by atoms with E-state index in [1.807, 2.05) is 29.9 Å². The van der Waals surface area contributed by atoms with Crippen molar-refractivity contribution in [3.63, 3.8) is 0 Å². The van der Waals surface area contributed by atoms with Crippen LogP contribution in [0.3, 0.4) is 0 Å². The molecule has 0 spiro atoms. The van der Waals surface area contributed by atoms with Gasteiger partial charge in [0.1, 0.15) is 0 Å². The van der Waals surface area contributed by atoms with E-state index < -0.39 is 0 Å². The van der Waals surface area contributed by atoms with Crippen LogP contribution in [0.25, 0.3) is 16.8 Å². The number of rotatable bonds is 2. The predicted octanol–water partition coefficient (Wildman–Crippen LogP) is 3.42. The maximum atomic E-state index is 13.6. The van der Waals surface area contributed by atoms with E-state index in [-0.39, 0.29) is 18.0 Å². The summed E-state index contributed by atoms with van der Waals surface area (Å²) in [5.74, 6) is 0.0750. The number of nitrogens with zero attached hydrogens (tertiary/aromatic N) is 6. The van der Waals surface area contributed by atoms with Gasteiger partial charge in [-0.2, -0.15) is 5.10 Å². The van der Waals surface area contributed by atoms with Crippen LogP contribution in [-0.2, 0) is 13.5 Å². The Morgan fingerprint density at radius 1 is 1.13 bits per heavy atom. The van der Waals surface area contributed by atoms with Crippen molar-refractivity contribution in [1.82, 2.24) is 29.5 Å². The Labute approximate surface area is 173 Å². The minimum Gasteiger partial charge on any atom is -0.327 e. The quantitative estimate of drug-likeness (QED) is 0.519. The lowest BCUT2D eigenvalue weighted by Crippen LogP contribution is -2.49. The molecule has 7 nitrogen and oxygen atoms in total. The van der Waals surface area contributed by atoms with Crippen molar-refractivity contribution < 1.29 is 4.79 Å². The SMILES string of the molecule is Cn1nc2c(c1-c1ccccc1)C[C@H]1CCC[C@@H]2N1C(=O)c1ccn2nncc2c1. The number of hydrogen-bond acceptors (Lipinski definition) is 4. The fourth-order valence-electron chi connectivity index (χ4n) is 5.22. The highest BCUT2D eigenvalue weighted by atomic mass is 16.2. The molecule has 0 unspecified atom stereocenters. The smallest absolute Gasteiger partial charge is 0.254 e. The van der Waals surface area contributed by atoms with Crippen LogP contribution in [0.4, 0.5) is 0 Å². The normalized spacial score (nSPS) is 20.4. The molecule has 1 fully saturated rings. The zero-order chi connectivity index (χ0) is 20.2. The number of fused-ring (bicyclic) bond motifs is 5. The lowest BCUT2D eigenvalue weighted by molar-refractivity contribution is 0.0392. The number of benzene rings is 1. The number of carbonyl (C=O) groups is 1. The standard InChI is InChI=1S/C23H22N6O/c1-27-22(15-6-3-2-4-7-15)19-13-17-8-5-9-20(21(19)25-27)29(17)23(30)16-10-11-28-18(12-16)14-24-26-28/h2-4,6-7,10-12,14,17,20H,5,8-9,13H2,1H3/t17-,20+/m1/s1. The highest BCUT2D eigenvalue weighted by Crippen LogP contribution is 2.45.